The third-order valence-electron chi connectivity index (χ3n) is 3.56. The Balaban J connectivity index is 1.63. The van der Waals surface area contributed by atoms with Gasteiger partial charge in [-0.1, -0.05) is 40.2 Å². The van der Waals surface area contributed by atoms with Crippen LogP contribution >= 0.6 is 27.7 Å². The van der Waals surface area contributed by atoms with Crippen LogP contribution < -0.4 is 10.1 Å². The summed E-state index contributed by atoms with van der Waals surface area (Å²) in [7, 11) is 0. The minimum atomic E-state index is -0.803. The normalized spacial score (nSPS) is 20.4. The van der Waals surface area contributed by atoms with E-state index in [-0.39, 0.29) is 5.37 Å². The van der Waals surface area contributed by atoms with Gasteiger partial charge in [0.25, 0.3) is 0 Å². The van der Waals surface area contributed by atoms with Crippen molar-refractivity contribution >= 4 is 33.7 Å². The average molecular weight is 394 g/mol. The maximum Gasteiger partial charge on any atom is 0.321 e. The van der Waals surface area contributed by atoms with Gasteiger partial charge in [0.2, 0.25) is 0 Å². The molecular formula is C17H16BrNO3S. The third-order valence-corrected chi connectivity index (χ3v) is 5.36. The summed E-state index contributed by atoms with van der Waals surface area (Å²) in [5.41, 5.74) is 2.13. The van der Waals surface area contributed by atoms with Crippen LogP contribution in [0.15, 0.2) is 53.0 Å². The molecule has 0 amide bonds. The quantitative estimate of drug-likeness (QED) is 0.808. The highest BCUT2D eigenvalue weighted by atomic mass is 79.9. The van der Waals surface area contributed by atoms with Crippen LogP contribution in [0.25, 0.3) is 0 Å². The van der Waals surface area contributed by atoms with Gasteiger partial charge in [-0.3, -0.25) is 10.1 Å². The molecule has 1 aliphatic rings. The minimum Gasteiger partial charge on any atom is -0.489 e. The maximum absolute atomic E-state index is 11.0. The molecule has 1 aliphatic heterocycles. The van der Waals surface area contributed by atoms with Gasteiger partial charge in [0.05, 0.1) is 5.37 Å². The Morgan fingerprint density at radius 2 is 2.09 bits per heavy atom. The molecule has 1 fully saturated rings. The molecule has 3 rings (SSSR count). The number of ether oxygens (including phenoxy) is 1. The van der Waals surface area contributed by atoms with Gasteiger partial charge < -0.3 is 9.84 Å². The summed E-state index contributed by atoms with van der Waals surface area (Å²) in [5.74, 6) is 0.554. The summed E-state index contributed by atoms with van der Waals surface area (Å²) < 4.78 is 6.88. The largest absolute Gasteiger partial charge is 0.489 e. The molecule has 2 unspecified atom stereocenters. The monoisotopic (exact) mass is 393 g/mol. The van der Waals surface area contributed by atoms with Crippen LogP contribution in [-0.2, 0) is 11.4 Å². The second-order valence-corrected chi connectivity index (χ2v) is 7.31. The minimum absolute atomic E-state index is 0.00710. The van der Waals surface area contributed by atoms with Crippen molar-refractivity contribution in [2.75, 3.05) is 5.75 Å². The highest BCUT2D eigenvalue weighted by Gasteiger charge is 2.30. The Labute approximate surface area is 147 Å². The maximum atomic E-state index is 11.0. The average Bonchev–Trinajstić information content (AvgIpc) is 3.05. The molecule has 2 aromatic carbocycles. The van der Waals surface area contributed by atoms with Gasteiger partial charge in [-0.05, 0) is 35.4 Å². The van der Waals surface area contributed by atoms with Crippen LogP contribution in [0.1, 0.15) is 16.5 Å². The molecule has 23 heavy (non-hydrogen) atoms. The Kier molecular flexibility index (Phi) is 5.25. The molecule has 1 saturated heterocycles. The van der Waals surface area contributed by atoms with E-state index in [1.807, 2.05) is 48.5 Å². The molecule has 2 N–H and O–H groups in total. The summed E-state index contributed by atoms with van der Waals surface area (Å²) in [5, 5.41) is 12.2. The van der Waals surface area contributed by atoms with Crippen LogP contribution in [-0.4, -0.2) is 22.9 Å². The van der Waals surface area contributed by atoms with E-state index in [9.17, 15) is 4.79 Å². The number of thioether (sulfide) groups is 1. The first-order valence-corrected chi connectivity index (χ1v) is 9.03. The zero-order valence-corrected chi connectivity index (χ0v) is 14.6. The van der Waals surface area contributed by atoms with Crippen LogP contribution in [0.2, 0.25) is 0 Å². The van der Waals surface area contributed by atoms with E-state index in [1.54, 1.807) is 11.8 Å². The molecule has 2 aromatic rings. The van der Waals surface area contributed by atoms with Crippen molar-refractivity contribution in [1.29, 1.82) is 0 Å². The number of benzene rings is 2. The van der Waals surface area contributed by atoms with Crippen LogP contribution in [0.5, 0.6) is 5.75 Å². The number of halogens is 1. The van der Waals surface area contributed by atoms with Crippen molar-refractivity contribution in [2.45, 2.75) is 18.0 Å². The predicted molar refractivity (Wildman–Crippen MR) is 94.7 cm³/mol. The summed E-state index contributed by atoms with van der Waals surface area (Å²) in [4.78, 5) is 11.0. The standard InChI is InChI=1S/C17H16BrNO3S/c18-13-6-4-11(5-7-13)9-22-14-3-1-2-12(8-14)16-19-15(10-23-16)17(20)21/h1-8,15-16,19H,9-10H2,(H,20,21). The first-order chi connectivity index (χ1) is 11.1. The Morgan fingerprint density at radius 1 is 1.30 bits per heavy atom. The number of carbonyl (C=O) groups is 1. The summed E-state index contributed by atoms with van der Waals surface area (Å²) in [6.45, 7) is 0.500. The van der Waals surface area contributed by atoms with E-state index in [1.165, 1.54) is 0 Å². The van der Waals surface area contributed by atoms with Crippen molar-refractivity contribution in [2.24, 2.45) is 0 Å². The van der Waals surface area contributed by atoms with E-state index in [0.717, 1.165) is 21.3 Å². The number of nitrogens with one attached hydrogen (secondary N) is 1. The number of hydrogen-bond acceptors (Lipinski definition) is 4. The molecule has 6 heteroatoms. The van der Waals surface area contributed by atoms with E-state index < -0.39 is 12.0 Å². The number of rotatable bonds is 5. The fourth-order valence-corrected chi connectivity index (χ4v) is 3.81. The van der Waals surface area contributed by atoms with Gasteiger partial charge in [-0.2, -0.15) is 0 Å². The van der Waals surface area contributed by atoms with Gasteiger partial charge in [-0.25, -0.2) is 0 Å². The lowest BCUT2D eigenvalue weighted by Gasteiger charge is -2.13. The molecule has 4 nitrogen and oxygen atoms in total. The smallest absolute Gasteiger partial charge is 0.321 e. The van der Waals surface area contributed by atoms with E-state index in [2.05, 4.69) is 21.2 Å². The lowest BCUT2D eigenvalue weighted by molar-refractivity contribution is -0.138. The molecule has 120 valence electrons. The first-order valence-electron chi connectivity index (χ1n) is 7.19. The predicted octanol–water partition coefficient (Wildman–Crippen LogP) is 3.82. The Bertz CT molecular complexity index is 692. The molecule has 0 radical (unpaired) electrons. The fourth-order valence-electron chi connectivity index (χ4n) is 2.32. The van der Waals surface area contributed by atoms with E-state index in [4.69, 9.17) is 9.84 Å². The molecule has 0 bridgehead atoms. The van der Waals surface area contributed by atoms with Gasteiger partial charge in [0, 0.05) is 10.2 Å². The van der Waals surface area contributed by atoms with E-state index in [0.29, 0.717) is 12.4 Å². The number of aliphatic carboxylic acids is 1. The molecule has 0 aliphatic carbocycles. The van der Waals surface area contributed by atoms with Crippen molar-refractivity contribution < 1.29 is 14.6 Å². The zero-order chi connectivity index (χ0) is 16.2. The Morgan fingerprint density at radius 3 is 2.78 bits per heavy atom. The highest BCUT2D eigenvalue weighted by Crippen LogP contribution is 2.34. The van der Waals surface area contributed by atoms with Gasteiger partial charge in [0.1, 0.15) is 18.4 Å². The van der Waals surface area contributed by atoms with Crippen LogP contribution in [0, 0.1) is 0 Å². The first kappa shape index (κ1) is 16.4. The zero-order valence-electron chi connectivity index (χ0n) is 12.2. The van der Waals surface area contributed by atoms with Gasteiger partial charge in [0.15, 0.2) is 0 Å². The molecule has 0 aromatic heterocycles. The lowest BCUT2D eigenvalue weighted by Crippen LogP contribution is -2.33. The van der Waals surface area contributed by atoms with Crippen molar-refractivity contribution in [1.82, 2.24) is 5.32 Å². The van der Waals surface area contributed by atoms with Crippen molar-refractivity contribution in [3.05, 3.63) is 64.1 Å². The number of carboxylic acids is 1. The van der Waals surface area contributed by atoms with E-state index >= 15 is 0 Å². The van der Waals surface area contributed by atoms with Gasteiger partial charge >= 0.3 is 5.97 Å². The number of carboxylic acid groups (broad SMARTS) is 1. The van der Waals surface area contributed by atoms with Gasteiger partial charge in [-0.15, -0.1) is 11.8 Å². The SMILES string of the molecule is O=C(O)C1CSC(c2cccc(OCc3ccc(Br)cc3)c2)N1. The molecule has 0 spiro atoms. The molecule has 0 saturated carbocycles. The van der Waals surface area contributed by atoms with Crippen molar-refractivity contribution in [3.8, 4) is 5.75 Å². The second kappa shape index (κ2) is 7.38. The molecule has 2 atom stereocenters. The summed E-state index contributed by atoms with van der Waals surface area (Å²) in [6, 6.07) is 15.3. The van der Waals surface area contributed by atoms with Crippen molar-refractivity contribution in [3.63, 3.8) is 0 Å². The summed E-state index contributed by atoms with van der Waals surface area (Å²) in [6.07, 6.45) is 0. The Hall–Kier alpha value is -1.50. The highest BCUT2D eigenvalue weighted by molar-refractivity contribution is 9.10. The lowest BCUT2D eigenvalue weighted by atomic mass is 10.2. The van der Waals surface area contributed by atoms with Crippen LogP contribution in [0.4, 0.5) is 0 Å². The number of hydrogen-bond donors (Lipinski definition) is 2. The topological polar surface area (TPSA) is 58.6 Å². The summed E-state index contributed by atoms with van der Waals surface area (Å²) >= 11 is 5.02. The second-order valence-electron chi connectivity index (χ2n) is 5.26. The molecular weight excluding hydrogens is 378 g/mol. The molecule has 1 heterocycles. The van der Waals surface area contributed by atoms with Crippen LogP contribution in [0.3, 0.4) is 0 Å². The fraction of sp³-hybridized carbons (Fsp3) is 0.235. The third kappa shape index (κ3) is 4.28.